The number of amides is 1. The van der Waals surface area contributed by atoms with Crippen molar-refractivity contribution in [2.75, 3.05) is 19.0 Å². The Bertz CT molecular complexity index is 509. The number of hydrogen-bond donors (Lipinski definition) is 1. The molecule has 1 N–H and O–H groups in total. The highest BCUT2D eigenvalue weighted by molar-refractivity contribution is 7.14. The highest BCUT2D eigenvalue weighted by atomic mass is 32.1. The van der Waals surface area contributed by atoms with Crippen LogP contribution in [-0.4, -0.2) is 36.5 Å². The molecule has 0 unspecified atom stereocenters. The summed E-state index contributed by atoms with van der Waals surface area (Å²) in [7, 11) is 1.24. The van der Waals surface area contributed by atoms with Crippen molar-refractivity contribution >= 4 is 34.3 Å². The molecular formula is C11H12N2O5S. The van der Waals surface area contributed by atoms with Gasteiger partial charge in [0.05, 0.1) is 13.7 Å². The summed E-state index contributed by atoms with van der Waals surface area (Å²) in [6.07, 6.45) is 2.03. The standard InChI is InChI=1S/C11H12N2O5S/c1-3-18-9(15)5-4-8(14)13-11-12-7(6-19-11)10(16)17-2/h4-6H,3H2,1-2H3,(H,12,13,14)/b5-4+. The molecule has 0 fully saturated rings. The van der Waals surface area contributed by atoms with Gasteiger partial charge in [0.1, 0.15) is 0 Å². The Morgan fingerprint density at radius 2 is 2.16 bits per heavy atom. The number of esters is 2. The number of nitrogens with zero attached hydrogens (tertiary/aromatic N) is 1. The normalized spacial score (nSPS) is 10.2. The largest absolute Gasteiger partial charge is 0.464 e. The predicted octanol–water partition coefficient (Wildman–Crippen LogP) is 0.987. The second-order valence-corrected chi connectivity index (χ2v) is 3.96. The number of rotatable bonds is 5. The molecule has 0 radical (unpaired) electrons. The van der Waals surface area contributed by atoms with Crippen LogP contribution in [0.25, 0.3) is 0 Å². The van der Waals surface area contributed by atoms with Crippen LogP contribution in [0.5, 0.6) is 0 Å². The SMILES string of the molecule is CCOC(=O)/C=C/C(=O)Nc1nc(C(=O)OC)cs1. The van der Waals surface area contributed by atoms with E-state index in [-0.39, 0.29) is 17.4 Å². The van der Waals surface area contributed by atoms with Crippen LogP contribution in [0.3, 0.4) is 0 Å². The molecular weight excluding hydrogens is 272 g/mol. The van der Waals surface area contributed by atoms with Crippen molar-refractivity contribution in [2.24, 2.45) is 0 Å². The van der Waals surface area contributed by atoms with E-state index in [1.165, 1.54) is 12.5 Å². The minimum Gasteiger partial charge on any atom is -0.464 e. The quantitative estimate of drug-likeness (QED) is 0.640. The average molecular weight is 284 g/mol. The Hall–Kier alpha value is -2.22. The van der Waals surface area contributed by atoms with Crippen molar-refractivity contribution in [3.8, 4) is 0 Å². The predicted molar refractivity (Wildman–Crippen MR) is 67.9 cm³/mol. The molecule has 1 aromatic rings. The van der Waals surface area contributed by atoms with Gasteiger partial charge in [-0.25, -0.2) is 14.6 Å². The van der Waals surface area contributed by atoms with Crippen LogP contribution in [0.1, 0.15) is 17.4 Å². The molecule has 1 amide bonds. The maximum atomic E-state index is 11.4. The lowest BCUT2D eigenvalue weighted by molar-refractivity contribution is -0.137. The van der Waals surface area contributed by atoms with Crippen LogP contribution in [0.15, 0.2) is 17.5 Å². The van der Waals surface area contributed by atoms with E-state index in [2.05, 4.69) is 19.8 Å². The number of ether oxygens (including phenoxy) is 2. The van der Waals surface area contributed by atoms with Crippen molar-refractivity contribution in [1.82, 2.24) is 4.98 Å². The van der Waals surface area contributed by atoms with Crippen LogP contribution < -0.4 is 5.32 Å². The Morgan fingerprint density at radius 1 is 1.42 bits per heavy atom. The van der Waals surface area contributed by atoms with E-state index in [1.54, 1.807) is 6.92 Å². The Morgan fingerprint density at radius 3 is 2.79 bits per heavy atom. The zero-order valence-electron chi connectivity index (χ0n) is 10.3. The molecule has 0 aromatic carbocycles. The van der Waals surface area contributed by atoms with Crippen molar-refractivity contribution in [1.29, 1.82) is 0 Å². The summed E-state index contributed by atoms with van der Waals surface area (Å²) in [6, 6.07) is 0. The van der Waals surface area contributed by atoms with E-state index in [9.17, 15) is 14.4 Å². The molecule has 1 aromatic heterocycles. The molecule has 7 nitrogen and oxygen atoms in total. The minimum atomic E-state index is -0.605. The minimum absolute atomic E-state index is 0.108. The van der Waals surface area contributed by atoms with Crippen molar-refractivity contribution < 1.29 is 23.9 Å². The molecule has 0 spiro atoms. The number of anilines is 1. The topological polar surface area (TPSA) is 94.6 Å². The maximum Gasteiger partial charge on any atom is 0.357 e. The van der Waals surface area contributed by atoms with Crippen LogP contribution >= 0.6 is 11.3 Å². The summed E-state index contributed by atoms with van der Waals surface area (Å²) in [5.41, 5.74) is 0.108. The number of methoxy groups -OCH3 is 1. The highest BCUT2D eigenvalue weighted by Gasteiger charge is 2.11. The van der Waals surface area contributed by atoms with Gasteiger partial charge in [0, 0.05) is 17.5 Å². The summed E-state index contributed by atoms with van der Waals surface area (Å²) in [5.74, 6) is -1.73. The van der Waals surface area contributed by atoms with E-state index >= 15 is 0 Å². The second kappa shape index (κ2) is 7.27. The summed E-state index contributed by atoms with van der Waals surface area (Å²) in [5, 5.41) is 4.09. The van der Waals surface area contributed by atoms with Crippen LogP contribution in [0.2, 0.25) is 0 Å². The van der Waals surface area contributed by atoms with E-state index < -0.39 is 17.8 Å². The number of carbonyl (C=O) groups is 3. The molecule has 0 aliphatic carbocycles. The van der Waals surface area contributed by atoms with Crippen molar-refractivity contribution in [3.63, 3.8) is 0 Å². The van der Waals surface area contributed by atoms with Crippen LogP contribution in [-0.2, 0) is 19.1 Å². The van der Waals surface area contributed by atoms with Crippen molar-refractivity contribution in [2.45, 2.75) is 6.92 Å². The average Bonchev–Trinajstić information content (AvgIpc) is 2.84. The van der Waals surface area contributed by atoms with Crippen LogP contribution in [0.4, 0.5) is 5.13 Å². The third-order valence-corrected chi connectivity index (χ3v) is 2.54. The molecule has 1 rings (SSSR count). The molecule has 0 saturated carbocycles. The third kappa shape index (κ3) is 4.88. The number of carbonyl (C=O) groups excluding carboxylic acids is 3. The number of hydrogen-bond acceptors (Lipinski definition) is 7. The first-order valence-corrected chi connectivity index (χ1v) is 6.14. The van der Waals surface area contributed by atoms with Gasteiger partial charge in [-0.1, -0.05) is 0 Å². The number of aromatic nitrogens is 1. The lowest BCUT2D eigenvalue weighted by Crippen LogP contribution is -2.10. The third-order valence-electron chi connectivity index (χ3n) is 1.79. The zero-order valence-corrected chi connectivity index (χ0v) is 11.2. The van der Waals surface area contributed by atoms with Gasteiger partial charge in [-0.05, 0) is 6.92 Å². The van der Waals surface area contributed by atoms with E-state index in [0.29, 0.717) is 0 Å². The monoisotopic (exact) mass is 284 g/mol. The molecule has 0 aliphatic rings. The molecule has 0 aliphatic heterocycles. The first-order chi connectivity index (χ1) is 9.06. The number of nitrogens with one attached hydrogen (secondary N) is 1. The lowest BCUT2D eigenvalue weighted by atomic mass is 10.4. The first kappa shape index (κ1) is 14.8. The highest BCUT2D eigenvalue weighted by Crippen LogP contribution is 2.15. The summed E-state index contributed by atoms with van der Waals surface area (Å²) in [6.45, 7) is 1.90. The van der Waals surface area contributed by atoms with E-state index in [1.807, 2.05) is 0 Å². The van der Waals surface area contributed by atoms with Gasteiger partial charge in [-0.2, -0.15) is 0 Å². The van der Waals surface area contributed by atoms with Gasteiger partial charge < -0.3 is 9.47 Å². The fourth-order valence-corrected chi connectivity index (χ4v) is 1.69. The fourth-order valence-electron chi connectivity index (χ4n) is 1.01. The van der Waals surface area contributed by atoms with E-state index in [0.717, 1.165) is 23.5 Å². The first-order valence-electron chi connectivity index (χ1n) is 5.26. The van der Waals surface area contributed by atoms with Gasteiger partial charge in [0.15, 0.2) is 10.8 Å². The van der Waals surface area contributed by atoms with Gasteiger partial charge in [-0.15, -0.1) is 11.3 Å². The summed E-state index contributed by atoms with van der Waals surface area (Å²) < 4.78 is 9.09. The van der Waals surface area contributed by atoms with Crippen LogP contribution in [0, 0.1) is 0 Å². The molecule has 8 heteroatoms. The second-order valence-electron chi connectivity index (χ2n) is 3.10. The molecule has 0 saturated heterocycles. The summed E-state index contributed by atoms with van der Waals surface area (Å²) in [4.78, 5) is 37.4. The Kier molecular flexibility index (Phi) is 5.68. The zero-order chi connectivity index (χ0) is 14.3. The van der Waals surface area contributed by atoms with E-state index in [4.69, 9.17) is 0 Å². The van der Waals surface area contributed by atoms with Gasteiger partial charge in [0.25, 0.3) is 0 Å². The Labute approximate surface area is 113 Å². The molecule has 19 heavy (non-hydrogen) atoms. The summed E-state index contributed by atoms with van der Waals surface area (Å²) >= 11 is 1.07. The molecule has 0 bridgehead atoms. The molecule has 102 valence electrons. The molecule has 0 atom stereocenters. The van der Waals surface area contributed by atoms with Crippen molar-refractivity contribution in [3.05, 3.63) is 23.2 Å². The number of thiazole rings is 1. The molecule has 1 heterocycles. The fraction of sp³-hybridized carbons (Fsp3) is 0.273. The Balaban J connectivity index is 2.55. The van der Waals surface area contributed by atoms with Gasteiger partial charge >= 0.3 is 11.9 Å². The lowest BCUT2D eigenvalue weighted by Gasteiger charge is -1.96. The van der Waals surface area contributed by atoms with Gasteiger partial charge in [-0.3, -0.25) is 10.1 Å². The van der Waals surface area contributed by atoms with Gasteiger partial charge in [0.2, 0.25) is 5.91 Å². The smallest absolute Gasteiger partial charge is 0.357 e. The maximum absolute atomic E-state index is 11.4.